The Morgan fingerprint density at radius 1 is 0.265 bits per heavy atom. The fourth-order valence-electron chi connectivity index (χ4n) is 9.84. The van der Waals surface area contributed by atoms with Gasteiger partial charge in [0, 0.05) is 12.8 Å². The van der Waals surface area contributed by atoms with Gasteiger partial charge in [-0.2, -0.15) is 0 Å². The predicted molar refractivity (Wildman–Crippen MR) is 362 cm³/mol. The average molecular weight is 1150 g/mol. The van der Waals surface area contributed by atoms with Crippen LogP contribution in [-0.4, -0.2) is 37.2 Å². The summed E-state index contributed by atoms with van der Waals surface area (Å²) in [5, 5.41) is 0. The first-order valence-electron chi connectivity index (χ1n) is 35.0. The quantitative estimate of drug-likeness (QED) is 0.0261. The van der Waals surface area contributed by atoms with Crippen LogP contribution in [0.1, 0.15) is 329 Å². The van der Waals surface area contributed by atoms with E-state index in [-0.39, 0.29) is 38.0 Å². The van der Waals surface area contributed by atoms with Crippen LogP contribution in [0.3, 0.4) is 0 Å². The van der Waals surface area contributed by atoms with Gasteiger partial charge in [-0.3, -0.25) is 14.4 Å². The molecule has 0 bridgehead atoms. The van der Waals surface area contributed by atoms with E-state index in [0.29, 0.717) is 6.42 Å². The number of hydrogen-bond acceptors (Lipinski definition) is 6. The molecule has 0 amide bonds. The van der Waals surface area contributed by atoms with Gasteiger partial charge in [-0.25, -0.2) is 0 Å². The molecule has 0 aliphatic heterocycles. The van der Waals surface area contributed by atoms with E-state index in [4.69, 9.17) is 14.2 Å². The van der Waals surface area contributed by atoms with Gasteiger partial charge in [0.2, 0.25) is 0 Å². The molecule has 83 heavy (non-hydrogen) atoms. The third-order valence-electron chi connectivity index (χ3n) is 15.0. The third-order valence-corrected chi connectivity index (χ3v) is 15.0. The maximum Gasteiger partial charge on any atom is 0.309 e. The highest BCUT2D eigenvalue weighted by atomic mass is 16.6. The fraction of sp³-hybridized carbons (Fsp3) is 0.701. The van der Waals surface area contributed by atoms with Gasteiger partial charge in [-0.1, -0.05) is 341 Å². The smallest absolute Gasteiger partial charge is 0.309 e. The van der Waals surface area contributed by atoms with Crippen molar-refractivity contribution >= 4 is 17.9 Å². The summed E-state index contributed by atoms with van der Waals surface area (Å²) in [7, 11) is 0. The van der Waals surface area contributed by atoms with Crippen LogP contribution >= 0.6 is 0 Å². The van der Waals surface area contributed by atoms with E-state index in [0.717, 1.165) is 122 Å². The fourth-order valence-corrected chi connectivity index (χ4v) is 9.84. The van der Waals surface area contributed by atoms with Crippen LogP contribution in [0.15, 0.2) is 122 Å². The lowest BCUT2D eigenvalue weighted by atomic mass is 10.0. The van der Waals surface area contributed by atoms with E-state index < -0.39 is 12.1 Å². The van der Waals surface area contributed by atoms with Gasteiger partial charge in [-0.05, 0) is 89.9 Å². The molecule has 0 saturated heterocycles. The SMILES string of the molecule is CC/C=C\C/C=C\C/C=C\C/C=C\C/C=C\CCCCCCCC(=O)OC(COC(=O)C/C=C\C/C=C\C/C=C\C/C=C\C/C=C\CC)COC(=O)CCCCCCCCCCCCCCCCCCCCCCCCCCCCCCC. The average Bonchev–Trinajstić information content (AvgIpc) is 3.49. The van der Waals surface area contributed by atoms with Gasteiger partial charge in [-0.15, -0.1) is 0 Å². The van der Waals surface area contributed by atoms with E-state index >= 15 is 0 Å². The molecule has 474 valence electrons. The van der Waals surface area contributed by atoms with Crippen LogP contribution in [0, 0.1) is 0 Å². The summed E-state index contributed by atoms with van der Waals surface area (Å²) in [6.07, 6.45) is 98.4. The van der Waals surface area contributed by atoms with Gasteiger partial charge < -0.3 is 14.2 Å². The molecule has 0 aromatic heterocycles. The molecule has 0 rings (SSSR count). The molecule has 0 spiro atoms. The number of unbranched alkanes of at least 4 members (excludes halogenated alkanes) is 33. The molecular formula is C77H130O6. The summed E-state index contributed by atoms with van der Waals surface area (Å²) in [5.41, 5.74) is 0. The lowest BCUT2D eigenvalue weighted by Crippen LogP contribution is -2.30. The highest BCUT2D eigenvalue weighted by molar-refractivity contribution is 5.72. The number of ether oxygens (including phenoxy) is 3. The number of hydrogen-bond donors (Lipinski definition) is 0. The van der Waals surface area contributed by atoms with Crippen LogP contribution in [0.4, 0.5) is 0 Å². The Kier molecular flexibility index (Phi) is 66.7. The lowest BCUT2D eigenvalue weighted by molar-refractivity contribution is -0.166. The van der Waals surface area contributed by atoms with Crippen LogP contribution < -0.4 is 0 Å². The van der Waals surface area contributed by atoms with Crippen molar-refractivity contribution in [1.82, 2.24) is 0 Å². The first-order chi connectivity index (χ1) is 41.0. The first kappa shape index (κ1) is 78.8. The van der Waals surface area contributed by atoms with Crippen molar-refractivity contribution in [1.29, 1.82) is 0 Å². The van der Waals surface area contributed by atoms with Crippen molar-refractivity contribution in [2.45, 2.75) is 335 Å². The second-order valence-electron chi connectivity index (χ2n) is 23.1. The molecule has 0 aromatic carbocycles. The number of allylic oxidation sites excluding steroid dienone is 19. The molecule has 0 heterocycles. The lowest BCUT2D eigenvalue weighted by Gasteiger charge is -2.18. The van der Waals surface area contributed by atoms with Crippen LogP contribution in [0.2, 0.25) is 0 Å². The summed E-state index contributed by atoms with van der Waals surface area (Å²) in [6, 6.07) is 0. The molecule has 6 nitrogen and oxygen atoms in total. The second-order valence-corrected chi connectivity index (χ2v) is 23.1. The molecule has 0 N–H and O–H groups in total. The Bertz CT molecular complexity index is 1700. The van der Waals surface area contributed by atoms with E-state index in [2.05, 4.69) is 130 Å². The zero-order valence-electron chi connectivity index (χ0n) is 54.4. The monoisotopic (exact) mass is 1150 g/mol. The second kappa shape index (κ2) is 70.3. The predicted octanol–water partition coefficient (Wildman–Crippen LogP) is 24.3. The molecular weight excluding hydrogens is 1020 g/mol. The van der Waals surface area contributed by atoms with E-state index in [1.54, 1.807) is 6.08 Å². The minimum atomic E-state index is -0.833. The maximum absolute atomic E-state index is 12.9. The summed E-state index contributed by atoms with van der Waals surface area (Å²) < 4.78 is 16.8. The number of carbonyl (C=O) groups excluding carboxylic acids is 3. The zero-order chi connectivity index (χ0) is 59.9. The first-order valence-corrected chi connectivity index (χ1v) is 35.0. The van der Waals surface area contributed by atoms with Crippen LogP contribution in [0.25, 0.3) is 0 Å². The molecule has 0 radical (unpaired) electrons. The van der Waals surface area contributed by atoms with Gasteiger partial charge in [0.05, 0.1) is 6.42 Å². The largest absolute Gasteiger partial charge is 0.462 e. The highest BCUT2D eigenvalue weighted by Crippen LogP contribution is 2.18. The normalized spacial score (nSPS) is 12.9. The van der Waals surface area contributed by atoms with Crippen LogP contribution in [-0.2, 0) is 28.6 Å². The van der Waals surface area contributed by atoms with Crippen LogP contribution in [0.5, 0.6) is 0 Å². The Morgan fingerprint density at radius 2 is 0.518 bits per heavy atom. The van der Waals surface area contributed by atoms with E-state index in [9.17, 15) is 14.4 Å². The zero-order valence-corrected chi connectivity index (χ0v) is 54.4. The van der Waals surface area contributed by atoms with Crippen molar-refractivity contribution in [2.75, 3.05) is 13.2 Å². The minimum Gasteiger partial charge on any atom is -0.462 e. The minimum absolute atomic E-state index is 0.116. The highest BCUT2D eigenvalue weighted by Gasteiger charge is 2.19. The van der Waals surface area contributed by atoms with E-state index in [1.165, 1.54) is 167 Å². The van der Waals surface area contributed by atoms with Gasteiger partial charge in [0.1, 0.15) is 13.2 Å². The van der Waals surface area contributed by atoms with Crippen molar-refractivity contribution < 1.29 is 28.6 Å². The number of rotatable bonds is 63. The molecule has 6 heteroatoms. The summed E-state index contributed by atoms with van der Waals surface area (Å²) in [5.74, 6) is -1.06. The molecule has 0 fully saturated rings. The standard InChI is InChI=1S/C77H130O6/c1-4-7-10-13-16-19-22-25-28-30-32-34-35-36-37-38-39-40-41-43-44-46-49-52-55-58-61-64-67-70-76(79)82-73-74(72-81-75(78)69-66-63-60-57-54-51-48-27-24-21-18-15-12-9-6-3)83-77(80)71-68-65-62-59-56-53-50-47-45-42-33-31-29-26-23-20-17-14-11-8-5-2/h8-9,11-12,17-18,20-21,26-27,29,33,42,47-48,50,54,57,63,66,74H,4-7,10,13-16,19,22-25,28,30-32,34-41,43-46,49,51-53,55-56,58-62,64-65,67-73H2,1-3H3/b11-8-,12-9-,20-17-,21-18-,29-26-,42-33-,48-27-,50-47-,57-54-,66-63-. The van der Waals surface area contributed by atoms with Crippen molar-refractivity contribution in [2.24, 2.45) is 0 Å². The van der Waals surface area contributed by atoms with Gasteiger partial charge in [0.25, 0.3) is 0 Å². The Morgan fingerprint density at radius 3 is 0.843 bits per heavy atom. The van der Waals surface area contributed by atoms with Gasteiger partial charge in [0.15, 0.2) is 6.10 Å². The van der Waals surface area contributed by atoms with Crippen molar-refractivity contribution in [3.05, 3.63) is 122 Å². The molecule has 0 aliphatic carbocycles. The summed E-state index contributed by atoms with van der Waals surface area (Å²) in [4.78, 5) is 38.3. The third kappa shape index (κ3) is 68.5. The Labute approximate surface area is 513 Å². The topological polar surface area (TPSA) is 78.9 Å². The molecule has 0 saturated carbocycles. The summed E-state index contributed by atoms with van der Waals surface area (Å²) >= 11 is 0. The summed E-state index contributed by atoms with van der Waals surface area (Å²) in [6.45, 7) is 6.34. The maximum atomic E-state index is 12.9. The molecule has 1 unspecified atom stereocenters. The molecule has 1 atom stereocenters. The Hall–Kier alpha value is -4.19. The van der Waals surface area contributed by atoms with E-state index in [1.807, 2.05) is 6.08 Å². The van der Waals surface area contributed by atoms with Gasteiger partial charge >= 0.3 is 17.9 Å². The van der Waals surface area contributed by atoms with Crippen molar-refractivity contribution in [3.8, 4) is 0 Å². The van der Waals surface area contributed by atoms with Crippen molar-refractivity contribution in [3.63, 3.8) is 0 Å². The Balaban J connectivity index is 4.35. The number of carbonyl (C=O) groups is 3. The number of esters is 3. The molecule has 0 aliphatic rings. The molecule has 0 aromatic rings.